The van der Waals surface area contributed by atoms with Crippen molar-refractivity contribution in [2.75, 3.05) is 0 Å². The molecular weight excluding hydrogens is 375 g/mol. The minimum Gasteiger partial charge on any atom is -0.358 e. The maximum atomic E-state index is 12.9. The monoisotopic (exact) mass is 396 g/mol. The second-order valence-electron chi connectivity index (χ2n) is 8.07. The van der Waals surface area contributed by atoms with E-state index in [0.717, 1.165) is 42.6 Å². The van der Waals surface area contributed by atoms with E-state index in [2.05, 4.69) is 10.6 Å². The van der Waals surface area contributed by atoms with Crippen molar-refractivity contribution in [1.29, 1.82) is 0 Å². The SMILES string of the molecule is O=C(NC(=S)NCc1ccc(Cl)cc1Cl)C12CC3CC(CC(C3)C1)C2. The van der Waals surface area contributed by atoms with Gasteiger partial charge < -0.3 is 10.6 Å². The van der Waals surface area contributed by atoms with E-state index in [1.165, 1.54) is 19.3 Å². The zero-order valence-electron chi connectivity index (χ0n) is 14.0. The highest BCUT2D eigenvalue weighted by Crippen LogP contribution is 2.60. The van der Waals surface area contributed by atoms with Gasteiger partial charge in [0, 0.05) is 16.6 Å². The van der Waals surface area contributed by atoms with Gasteiger partial charge in [0.25, 0.3) is 0 Å². The van der Waals surface area contributed by atoms with Crippen molar-refractivity contribution in [3.8, 4) is 0 Å². The summed E-state index contributed by atoms with van der Waals surface area (Å²) in [5, 5.41) is 7.62. The zero-order valence-corrected chi connectivity index (χ0v) is 16.3. The first kappa shape index (κ1) is 17.6. The highest BCUT2D eigenvalue weighted by atomic mass is 35.5. The van der Waals surface area contributed by atoms with Gasteiger partial charge in [0.2, 0.25) is 5.91 Å². The Labute approximate surface area is 163 Å². The molecule has 4 aliphatic rings. The smallest absolute Gasteiger partial charge is 0.232 e. The molecular formula is C19H22Cl2N2OS. The van der Waals surface area contributed by atoms with Crippen molar-refractivity contribution in [3.05, 3.63) is 33.8 Å². The average Bonchev–Trinajstić information content (AvgIpc) is 2.52. The molecule has 4 bridgehead atoms. The highest BCUT2D eigenvalue weighted by Gasteiger charge is 2.54. The Morgan fingerprint density at radius 3 is 2.28 bits per heavy atom. The number of rotatable bonds is 3. The Morgan fingerprint density at radius 2 is 1.72 bits per heavy atom. The van der Waals surface area contributed by atoms with E-state index in [4.69, 9.17) is 35.4 Å². The van der Waals surface area contributed by atoms with Crippen LogP contribution in [0.25, 0.3) is 0 Å². The predicted molar refractivity (Wildman–Crippen MR) is 105 cm³/mol. The molecule has 3 nitrogen and oxygen atoms in total. The number of carbonyl (C=O) groups is 1. The Kier molecular flexibility index (Phi) is 4.72. The predicted octanol–water partition coefficient (Wildman–Crippen LogP) is 4.70. The first-order valence-electron chi connectivity index (χ1n) is 8.97. The van der Waals surface area contributed by atoms with Gasteiger partial charge in [-0.05, 0) is 86.2 Å². The molecule has 5 rings (SSSR count). The van der Waals surface area contributed by atoms with Crippen LogP contribution in [0.1, 0.15) is 44.1 Å². The van der Waals surface area contributed by atoms with Gasteiger partial charge in [-0.15, -0.1) is 0 Å². The normalized spacial score (nSPS) is 32.5. The largest absolute Gasteiger partial charge is 0.358 e. The number of thiocarbonyl (C=S) groups is 1. The van der Waals surface area contributed by atoms with Crippen LogP contribution in [0, 0.1) is 23.2 Å². The van der Waals surface area contributed by atoms with E-state index in [9.17, 15) is 4.79 Å². The van der Waals surface area contributed by atoms with Gasteiger partial charge in [-0.25, -0.2) is 0 Å². The van der Waals surface area contributed by atoms with Gasteiger partial charge >= 0.3 is 0 Å². The lowest BCUT2D eigenvalue weighted by Crippen LogP contribution is -2.55. The van der Waals surface area contributed by atoms with E-state index in [-0.39, 0.29) is 11.3 Å². The molecule has 0 unspecified atom stereocenters. The van der Waals surface area contributed by atoms with Crippen molar-refractivity contribution in [2.45, 2.75) is 45.1 Å². The van der Waals surface area contributed by atoms with Crippen LogP contribution in [0.3, 0.4) is 0 Å². The van der Waals surface area contributed by atoms with E-state index < -0.39 is 0 Å². The fourth-order valence-electron chi connectivity index (χ4n) is 5.51. The molecule has 25 heavy (non-hydrogen) atoms. The number of hydrogen-bond donors (Lipinski definition) is 2. The van der Waals surface area contributed by atoms with Gasteiger partial charge in [0.15, 0.2) is 5.11 Å². The molecule has 0 atom stereocenters. The summed E-state index contributed by atoms with van der Waals surface area (Å²) in [5.41, 5.74) is 0.718. The van der Waals surface area contributed by atoms with Crippen LogP contribution in [0.15, 0.2) is 18.2 Å². The lowest BCUT2D eigenvalue weighted by molar-refractivity contribution is -0.144. The minimum absolute atomic E-state index is 0.117. The van der Waals surface area contributed by atoms with Crippen molar-refractivity contribution in [2.24, 2.45) is 23.2 Å². The molecule has 0 spiro atoms. The summed E-state index contributed by atoms with van der Waals surface area (Å²) in [6, 6.07) is 5.36. The van der Waals surface area contributed by atoms with Crippen molar-refractivity contribution in [1.82, 2.24) is 10.6 Å². The first-order chi connectivity index (χ1) is 11.9. The lowest BCUT2D eigenvalue weighted by Gasteiger charge is -2.55. The molecule has 4 aliphatic carbocycles. The second kappa shape index (κ2) is 6.71. The van der Waals surface area contributed by atoms with E-state index in [1.807, 2.05) is 6.07 Å². The van der Waals surface area contributed by atoms with Crippen LogP contribution >= 0.6 is 35.4 Å². The molecule has 1 amide bonds. The van der Waals surface area contributed by atoms with Crippen LogP contribution in [0.5, 0.6) is 0 Å². The van der Waals surface area contributed by atoms with Crippen molar-refractivity contribution in [3.63, 3.8) is 0 Å². The molecule has 0 saturated heterocycles. The van der Waals surface area contributed by atoms with Gasteiger partial charge in [0.1, 0.15) is 0 Å². The van der Waals surface area contributed by atoms with Gasteiger partial charge in [0.05, 0.1) is 5.41 Å². The topological polar surface area (TPSA) is 41.1 Å². The van der Waals surface area contributed by atoms with Gasteiger partial charge in [-0.2, -0.15) is 0 Å². The maximum absolute atomic E-state index is 12.9. The fourth-order valence-corrected chi connectivity index (χ4v) is 6.15. The van der Waals surface area contributed by atoms with Gasteiger partial charge in [-0.3, -0.25) is 4.79 Å². The first-order valence-corrected chi connectivity index (χ1v) is 10.1. The summed E-state index contributed by atoms with van der Waals surface area (Å²) in [6.07, 6.45) is 7.09. The van der Waals surface area contributed by atoms with Crippen LogP contribution in [-0.2, 0) is 11.3 Å². The van der Waals surface area contributed by atoms with Crippen LogP contribution in [0.4, 0.5) is 0 Å². The molecule has 4 fully saturated rings. The Morgan fingerprint density at radius 1 is 1.12 bits per heavy atom. The standard InChI is InChI=1S/C19H22Cl2N2OS/c20-15-2-1-14(16(21)6-15)10-22-18(25)23-17(24)19-7-11-3-12(8-19)5-13(4-11)9-19/h1-2,6,11-13H,3-5,7-10H2,(H2,22,23,24,25). The maximum Gasteiger partial charge on any atom is 0.232 e. The molecule has 1 aromatic carbocycles. The quantitative estimate of drug-likeness (QED) is 0.727. The third-order valence-electron chi connectivity index (χ3n) is 6.20. The Hall–Kier alpha value is -0.840. The van der Waals surface area contributed by atoms with Crippen LogP contribution in [0.2, 0.25) is 10.0 Å². The number of hydrogen-bond acceptors (Lipinski definition) is 2. The third-order valence-corrected chi connectivity index (χ3v) is 7.03. The summed E-state index contributed by atoms with van der Waals surface area (Å²) < 4.78 is 0. The zero-order chi connectivity index (χ0) is 17.6. The third kappa shape index (κ3) is 3.54. The number of benzene rings is 1. The number of nitrogens with one attached hydrogen (secondary N) is 2. The van der Waals surface area contributed by atoms with Crippen LogP contribution in [-0.4, -0.2) is 11.0 Å². The Bertz CT molecular complexity index is 686. The molecule has 0 radical (unpaired) electrons. The molecule has 0 heterocycles. The molecule has 0 aromatic heterocycles. The fraction of sp³-hybridized carbons (Fsp3) is 0.579. The minimum atomic E-state index is -0.182. The summed E-state index contributed by atoms with van der Waals surface area (Å²) >= 11 is 17.4. The van der Waals surface area contributed by atoms with E-state index in [0.29, 0.717) is 21.7 Å². The second-order valence-corrected chi connectivity index (χ2v) is 9.32. The molecule has 2 N–H and O–H groups in total. The summed E-state index contributed by atoms with van der Waals surface area (Å²) in [7, 11) is 0. The summed E-state index contributed by atoms with van der Waals surface area (Å²) in [4.78, 5) is 12.9. The van der Waals surface area contributed by atoms with Crippen molar-refractivity contribution < 1.29 is 4.79 Å². The molecule has 1 aromatic rings. The highest BCUT2D eigenvalue weighted by molar-refractivity contribution is 7.80. The molecule has 0 aliphatic heterocycles. The number of halogens is 2. The summed E-state index contributed by atoms with van der Waals surface area (Å²) in [5.74, 6) is 2.34. The molecule has 4 saturated carbocycles. The number of carbonyl (C=O) groups excluding carboxylic acids is 1. The lowest BCUT2D eigenvalue weighted by atomic mass is 9.49. The molecule has 134 valence electrons. The summed E-state index contributed by atoms with van der Waals surface area (Å²) in [6.45, 7) is 0.468. The molecule has 6 heteroatoms. The van der Waals surface area contributed by atoms with Crippen LogP contribution < -0.4 is 10.6 Å². The van der Waals surface area contributed by atoms with E-state index in [1.54, 1.807) is 12.1 Å². The Balaban J connectivity index is 1.35. The average molecular weight is 397 g/mol. The van der Waals surface area contributed by atoms with E-state index >= 15 is 0 Å². The van der Waals surface area contributed by atoms with Crippen molar-refractivity contribution >= 4 is 46.4 Å². The number of amides is 1. The van der Waals surface area contributed by atoms with Gasteiger partial charge in [-0.1, -0.05) is 29.3 Å².